The topological polar surface area (TPSA) is 136 Å². The molecule has 0 bridgehead atoms. The molecule has 0 radical (unpaired) electrons. The zero-order valence-electron chi connectivity index (χ0n) is 21.7. The fourth-order valence-corrected chi connectivity index (χ4v) is 5.16. The van der Waals surface area contributed by atoms with Crippen LogP contribution in [0.3, 0.4) is 0 Å². The van der Waals surface area contributed by atoms with Gasteiger partial charge in [0.15, 0.2) is 0 Å². The molecule has 1 saturated carbocycles. The van der Waals surface area contributed by atoms with Crippen LogP contribution >= 0.6 is 0 Å². The Hall–Kier alpha value is -4.23. The number of rotatable bonds is 7. The standard InChI is InChI=1S/C26H27FN6O5S/c1-14-8-11-20(19(27)12-14)29-23-21-22(15(2)24(34)31(23)4)32(26(36)33(25(21)35)17-9-10-17)18-7-5-6-16(13-18)30-39(37,38)28-3/h5-8,11-13,17,28-30H,9-10H2,1-4H3. The van der Waals surface area contributed by atoms with Gasteiger partial charge in [-0.25, -0.2) is 13.9 Å². The van der Waals surface area contributed by atoms with Gasteiger partial charge < -0.3 is 5.32 Å². The van der Waals surface area contributed by atoms with E-state index in [-0.39, 0.29) is 45.4 Å². The molecule has 4 aromatic rings. The van der Waals surface area contributed by atoms with Crippen LogP contribution in [-0.4, -0.2) is 29.2 Å². The molecule has 0 aliphatic heterocycles. The van der Waals surface area contributed by atoms with Gasteiger partial charge in [0.25, 0.3) is 21.3 Å². The maximum Gasteiger partial charge on any atom is 0.336 e. The first-order valence-corrected chi connectivity index (χ1v) is 13.7. The van der Waals surface area contributed by atoms with Crippen molar-refractivity contribution in [3.8, 4) is 5.69 Å². The number of nitrogens with one attached hydrogen (secondary N) is 3. The van der Waals surface area contributed by atoms with Gasteiger partial charge in [-0.15, -0.1) is 0 Å². The second-order valence-corrected chi connectivity index (χ2v) is 11.2. The molecule has 3 N–H and O–H groups in total. The molecule has 5 rings (SSSR count). The predicted octanol–water partition coefficient (Wildman–Crippen LogP) is 2.56. The highest BCUT2D eigenvalue weighted by molar-refractivity contribution is 7.90. The molecule has 204 valence electrons. The van der Waals surface area contributed by atoms with Crippen LogP contribution in [0.15, 0.2) is 56.8 Å². The largest absolute Gasteiger partial charge is 0.338 e. The zero-order valence-corrected chi connectivity index (χ0v) is 22.5. The van der Waals surface area contributed by atoms with E-state index in [1.54, 1.807) is 25.1 Å². The normalized spacial score (nSPS) is 13.6. The van der Waals surface area contributed by atoms with Gasteiger partial charge in [0, 0.05) is 25.7 Å². The number of nitrogens with zero attached hydrogens (tertiary/aromatic N) is 3. The molecule has 0 atom stereocenters. The Kier molecular flexibility index (Phi) is 6.43. The number of pyridine rings is 1. The maximum absolute atomic E-state index is 14.8. The molecule has 11 nitrogen and oxygen atoms in total. The highest BCUT2D eigenvalue weighted by Crippen LogP contribution is 2.34. The summed E-state index contributed by atoms with van der Waals surface area (Å²) < 4.78 is 47.1. The fourth-order valence-electron chi connectivity index (χ4n) is 4.62. The molecule has 2 heterocycles. The average molecular weight is 555 g/mol. The van der Waals surface area contributed by atoms with E-state index in [0.29, 0.717) is 18.4 Å². The van der Waals surface area contributed by atoms with Gasteiger partial charge in [-0.3, -0.25) is 28.0 Å². The first kappa shape index (κ1) is 26.4. The van der Waals surface area contributed by atoms with Crippen molar-refractivity contribution in [2.45, 2.75) is 32.7 Å². The Morgan fingerprint density at radius 3 is 2.36 bits per heavy atom. The third kappa shape index (κ3) is 4.63. The van der Waals surface area contributed by atoms with E-state index in [2.05, 4.69) is 14.8 Å². The van der Waals surface area contributed by atoms with Crippen LogP contribution in [0, 0.1) is 19.7 Å². The monoisotopic (exact) mass is 554 g/mol. The number of benzene rings is 2. The molecule has 2 aromatic carbocycles. The number of anilines is 3. The molecule has 0 saturated heterocycles. The second kappa shape index (κ2) is 9.50. The van der Waals surface area contributed by atoms with Crippen molar-refractivity contribution in [1.82, 2.24) is 18.4 Å². The van der Waals surface area contributed by atoms with Crippen LogP contribution < -0.4 is 31.6 Å². The van der Waals surface area contributed by atoms with E-state index >= 15 is 0 Å². The van der Waals surface area contributed by atoms with E-state index in [9.17, 15) is 27.2 Å². The van der Waals surface area contributed by atoms with E-state index < -0.39 is 32.8 Å². The highest BCUT2D eigenvalue weighted by atomic mass is 32.2. The molecular formula is C26H27FN6O5S. The lowest BCUT2D eigenvalue weighted by Crippen LogP contribution is -2.41. The Bertz CT molecular complexity index is 1940. The molecular weight excluding hydrogens is 527 g/mol. The molecule has 39 heavy (non-hydrogen) atoms. The van der Waals surface area contributed by atoms with E-state index in [1.165, 1.54) is 54.4 Å². The number of hydrogen-bond acceptors (Lipinski definition) is 6. The number of halogens is 1. The van der Waals surface area contributed by atoms with Gasteiger partial charge in [-0.05, 0) is 62.6 Å². The lowest BCUT2D eigenvalue weighted by atomic mass is 10.1. The highest BCUT2D eigenvalue weighted by Gasteiger charge is 2.31. The molecule has 13 heteroatoms. The fraction of sp³-hybridized carbons (Fsp3) is 0.269. The Balaban J connectivity index is 1.88. The van der Waals surface area contributed by atoms with Gasteiger partial charge in [-0.1, -0.05) is 12.1 Å². The summed E-state index contributed by atoms with van der Waals surface area (Å²) in [4.78, 5) is 41.1. The molecule has 1 fully saturated rings. The first-order valence-electron chi connectivity index (χ1n) is 12.2. The average Bonchev–Trinajstić information content (AvgIpc) is 3.71. The quantitative estimate of drug-likeness (QED) is 0.321. The Morgan fingerprint density at radius 2 is 1.72 bits per heavy atom. The van der Waals surface area contributed by atoms with Crippen molar-refractivity contribution in [2.75, 3.05) is 17.1 Å². The van der Waals surface area contributed by atoms with Crippen LogP contribution in [0.1, 0.15) is 30.0 Å². The van der Waals surface area contributed by atoms with Crippen LogP contribution in [0.4, 0.5) is 21.6 Å². The zero-order chi connectivity index (χ0) is 28.2. The minimum Gasteiger partial charge on any atom is -0.338 e. The smallest absolute Gasteiger partial charge is 0.336 e. The second-order valence-electron chi connectivity index (χ2n) is 9.55. The van der Waals surface area contributed by atoms with Crippen molar-refractivity contribution >= 4 is 38.3 Å². The first-order chi connectivity index (χ1) is 18.4. The van der Waals surface area contributed by atoms with Gasteiger partial charge in [0.05, 0.1) is 22.6 Å². The van der Waals surface area contributed by atoms with Crippen LogP contribution in [0.5, 0.6) is 0 Å². The summed E-state index contributed by atoms with van der Waals surface area (Å²) in [6.45, 7) is 3.24. The van der Waals surface area contributed by atoms with Crippen LogP contribution in [0.25, 0.3) is 16.6 Å². The van der Waals surface area contributed by atoms with Crippen molar-refractivity contribution in [3.05, 3.63) is 90.6 Å². The SMILES string of the molecule is CNS(=O)(=O)Nc1cccc(-n2c(=O)n(C3CC3)c(=O)c3c(Nc4ccc(C)cc4F)n(C)c(=O)c(C)c32)c1. The van der Waals surface area contributed by atoms with Gasteiger partial charge in [-0.2, -0.15) is 8.42 Å². The number of hydrogen-bond donors (Lipinski definition) is 3. The molecule has 0 spiro atoms. The maximum atomic E-state index is 14.8. The van der Waals surface area contributed by atoms with E-state index in [1.807, 2.05) is 0 Å². The molecule has 0 unspecified atom stereocenters. The Labute approximate surface area is 222 Å². The molecule has 2 aromatic heterocycles. The molecule has 1 aliphatic rings. The minimum absolute atomic E-state index is 0.0299. The third-order valence-electron chi connectivity index (χ3n) is 6.76. The minimum atomic E-state index is -3.85. The van der Waals surface area contributed by atoms with Crippen molar-refractivity contribution in [2.24, 2.45) is 7.05 Å². The summed E-state index contributed by atoms with van der Waals surface area (Å²) in [5, 5.41) is 2.94. The van der Waals surface area contributed by atoms with Gasteiger partial charge in [0.2, 0.25) is 0 Å². The number of aryl methyl sites for hydroxylation is 2. The summed E-state index contributed by atoms with van der Waals surface area (Å²) in [5.74, 6) is -0.542. The number of fused-ring (bicyclic) bond motifs is 1. The summed E-state index contributed by atoms with van der Waals surface area (Å²) >= 11 is 0. The van der Waals surface area contributed by atoms with Crippen molar-refractivity contribution in [1.29, 1.82) is 0 Å². The summed E-state index contributed by atoms with van der Waals surface area (Å²) in [7, 11) is -1.14. The van der Waals surface area contributed by atoms with Crippen LogP contribution in [0.2, 0.25) is 0 Å². The number of aromatic nitrogens is 3. The van der Waals surface area contributed by atoms with Crippen molar-refractivity contribution < 1.29 is 12.8 Å². The summed E-state index contributed by atoms with van der Waals surface area (Å²) in [6, 6.07) is 10.3. The molecule has 1 aliphatic carbocycles. The van der Waals surface area contributed by atoms with Crippen LogP contribution in [-0.2, 0) is 17.3 Å². The van der Waals surface area contributed by atoms with Gasteiger partial charge in [0.1, 0.15) is 17.0 Å². The predicted molar refractivity (Wildman–Crippen MR) is 148 cm³/mol. The van der Waals surface area contributed by atoms with Crippen molar-refractivity contribution in [3.63, 3.8) is 0 Å². The lowest BCUT2D eigenvalue weighted by Gasteiger charge is -2.21. The summed E-state index contributed by atoms with van der Waals surface area (Å²) in [6.07, 6.45) is 1.26. The third-order valence-corrected chi connectivity index (χ3v) is 7.80. The molecule has 0 amide bonds. The lowest BCUT2D eigenvalue weighted by molar-refractivity contribution is 0.593. The van der Waals surface area contributed by atoms with E-state index in [0.717, 1.165) is 4.57 Å². The van der Waals surface area contributed by atoms with Gasteiger partial charge >= 0.3 is 5.69 Å². The van der Waals surface area contributed by atoms with E-state index in [4.69, 9.17) is 0 Å². The Morgan fingerprint density at radius 1 is 1.00 bits per heavy atom. The summed E-state index contributed by atoms with van der Waals surface area (Å²) in [5.41, 5.74) is -0.441.